The molecule has 5 rings (SSSR count). The maximum Gasteiger partial charge on any atom is 0.322 e. The minimum Gasteiger partial charge on any atom is -0.364 e. The van der Waals surface area contributed by atoms with Crippen molar-refractivity contribution in [2.75, 3.05) is 24.5 Å². The quantitative estimate of drug-likeness (QED) is 0.707. The van der Waals surface area contributed by atoms with Crippen molar-refractivity contribution in [2.24, 2.45) is 13.0 Å². The maximum atomic E-state index is 12.9. The summed E-state index contributed by atoms with van der Waals surface area (Å²) in [6.45, 7) is 4.10. The highest BCUT2D eigenvalue weighted by Crippen LogP contribution is 2.43. The summed E-state index contributed by atoms with van der Waals surface area (Å²) in [5.74, 6) is -0.103. The third kappa shape index (κ3) is 3.41. The predicted molar refractivity (Wildman–Crippen MR) is 115 cm³/mol. The summed E-state index contributed by atoms with van der Waals surface area (Å²) in [4.78, 5) is 45.8. The number of aromatic nitrogens is 2. The van der Waals surface area contributed by atoms with Crippen molar-refractivity contribution in [3.63, 3.8) is 0 Å². The van der Waals surface area contributed by atoms with Crippen molar-refractivity contribution in [1.82, 2.24) is 25.1 Å². The van der Waals surface area contributed by atoms with Crippen LogP contribution < -0.4 is 15.5 Å². The van der Waals surface area contributed by atoms with E-state index in [1.54, 1.807) is 0 Å². The number of nitrogens with one attached hydrogen (secondary N) is 2. The van der Waals surface area contributed by atoms with Crippen LogP contribution in [0.4, 0.5) is 10.5 Å². The number of carbonyl (C=O) groups is 3. The molecule has 3 fully saturated rings. The number of urea groups is 1. The lowest BCUT2D eigenvalue weighted by Gasteiger charge is -2.41. The molecule has 9 nitrogen and oxygen atoms in total. The number of hydrogen-bond acceptors (Lipinski definition) is 5. The fourth-order valence-electron chi connectivity index (χ4n) is 5.06. The second-order valence-corrected chi connectivity index (χ2v) is 9.06. The molecule has 4 heterocycles. The van der Waals surface area contributed by atoms with Crippen LogP contribution in [0.15, 0.2) is 24.5 Å². The Balaban J connectivity index is 1.23. The number of rotatable bonds is 5. The number of aryl methyl sites for hydroxylation is 1. The maximum absolute atomic E-state index is 12.9. The third-order valence-corrected chi connectivity index (χ3v) is 7.01. The minimum atomic E-state index is -0.906. The van der Waals surface area contributed by atoms with E-state index in [2.05, 4.69) is 38.1 Å². The van der Waals surface area contributed by atoms with Crippen LogP contribution in [-0.2, 0) is 16.6 Å². The predicted octanol–water partition coefficient (Wildman–Crippen LogP) is 1.38. The Morgan fingerprint density at radius 1 is 1.29 bits per heavy atom. The average molecular weight is 425 g/mol. The summed E-state index contributed by atoms with van der Waals surface area (Å²) in [5.41, 5.74) is 2.22. The molecule has 0 bridgehead atoms. The highest BCUT2D eigenvalue weighted by molar-refractivity contribution is 6.07. The van der Waals surface area contributed by atoms with E-state index in [-0.39, 0.29) is 30.2 Å². The zero-order valence-electron chi connectivity index (χ0n) is 17.9. The van der Waals surface area contributed by atoms with Crippen molar-refractivity contribution < 1.29 is 14.4 Å². The van der Waals surface area contributed by atoms with Crippen LogP contribution in [0, 0.1) is 5.92 Å². The smallest absolute Gasteiger partial charge is 0.322 e. The van der Waals surface area contributed by atoms with Crippen molar-refractivity contribution in [2.45, 2.75) is 44.2 Å². The molecule has 0 radical (unpaired) electrons. The van der Waals surface area contributed by atoms with E-state index in [0.717, 1.165) is 36.1 Å². The molecule has 2 aliphatic heterocycles. The Morgan fingerprint density at radius 2 is 2.10 bits per heavy atom. The monoisotopic (exact) mass is 424 g/mol. The van der Waals surface area contributed by atoms with E-state index in [1.807, 2.05) is 30.4 Å². The topological polar surface area (TPSA) is 99.6 Å². The molecule has 1 saturated carbocycles. The number of imide groups is 1. The van der Waals surface area contributed by atoms with Crippen LogP contribution in [0.2, 0.25) is 0 Å². The van der Waals surface area contributed by atoms with E-state index in [4.69, 9.17) is 0 Å². The number of fused-ring (bicyclic) bond motifs is 1. The first-order valence-corrected chi connectivity index (χ1v) is 11.0. The molecular formula is C22H28N6O3. The van der Waals surface area contributed by atoms with Gasteiger partial charge in [0.15, 0.2) is 0 Å². The summed E-state index contributed by atoms with van der Waals surface area (Å²) < 4.78 is 2.06. The Morgan fingerprint density at radius 3 is 2.77 bits per heavy atom. The molecule has 164 valence electrons. The Bertz CT molecular complexity index is 1060. The van der Waals surface area contributed by atoms with Crippen LogP contribution in [0.3, 0.4) is 0 Å². The molecule has 2 atom stereocenters. The summed E-state index contributed by atoms with van der Waals surface area (Å²) in [7, 11) is 2.01. The largest absolute Gasteiger partial charge is 0.364 e. The van der Waals surface area contributed by atoms with Crippen LogP contribution in [0.5, 0.6) is 0 Å². The van der Waals surface area contributed by atoms with Gasteiger partial charge in [-0.2, -0.15) is 0 Å². The molecule has 9 heteroatoms. The van der Waals surface area contributed by atoms with Gasteiger partial charge in [-0.15, -0.1) is 0 Å². The fourth-order valence-corrected chi connectivity index (χ4v) is 5.06. The first kappa shape index (κ1) is 19.8. The SMILES string of the molecule is C[C@H]1CN(C(=O)CC[C@]2(C3CC3)NC(=O)NC2=O)CCN1c1cnc2ccn(C)c2c1. The number of piperazine rings is 1. The first-order chi connectivity index (χ1) is 14.9. The van der Waals surface area contributed by atoms with Crippen LogP contribution in [0.25, 0.3) is 11.0 Å². The molecule has 4 amide bonds. The summed E-state index contributed by atoms with van der Waals surface area (Å²) in [6.07, 6.45) is 6.35. The van der Waals surface area contributed by atoms with Crippen LogP contribution in [0.1, 0.15) is 32.6 Å². The van der Waals surface area contributed by atoms with Crippen molar-refractivity contribution in [3.8, 4) is 0 Å². The fraction of sp³-hybridized carbons (Fsp3) is 0.545. The van der Waals surface area contributed by atoms with Gasteiger partial charge in [-0.05, 0) is 44.2 Å². The zero-order valence-corrected chi connectivity index (χ0v) is 17.9. The van der Waals surface area contributed by atoms with E-state index in [1.165, 1.54) is 0 Å². The molecule has 0 aromatic carbocycles. The lowest BCUT2D eigenvalue weighted by atomic mass is 9.87. The summed E-state index contributed by atoms with van der Waals surface area (Å²) >= 11 is 0. The molecule has 2 aromatic heterocycles. The van der Waals surface area contributed by atoms with Gasteiger partial charge in [0, 0.05) is 45.3 Å². The molecule has 0 spiro atoms. The van der Waals surface area contributed by atoms with Gasteiger partial charge in [-0.25, -0.2) is 4.79 Å². The van der Waals surface area contributed by atoms with Gasteiger partial charge >= 0.3 is 6.03 Å². The van der Waals surface area contributed by atoms with E-state index < -0.39 is 11.6 Å². The van der Waals surface area contributed by atoms with Gasteiger partial charge in [0.25, 0.3) is 5.91 Å². The molecular weight excluding hydrogens is 396 g/mol. The lowest BCUT2D eigenvalue weighted by Crippen LogP contribution is -2.54. The third-order valence-electron chi connectivity index (χ3n) is 7.01. The summed E-state index contributed by atoms with van der Waals surface area (Å²) in [6, 6.07) is 3.86. The minimum absolute atomic E-state index is 0.0384. The highest BCUT2D eigenvalue weighted by Gasteiger charge is 2.55. The van der Waals surface area contributed by atoms with Gasteiger partial charge in [0.05, 0.1) is 22.9 Å². The van der Waals surface area contributed by atoms with Crippen molar-refractivity contribution >= 4 is 34.6 Å². The van der Waals surface area contributed by atoms with Gasteiger partial charge < -0.3 is 19.7 Å². The second kappa shape index (κ2) is 7.25. The first-order valence-electron chi connectivity index (χ1n) is 11.0. The van der Waals surface area contributed by atoms with E-state index in [9.17, 15) is 14.4 Å². The number of pyridine rings is 1. The number of carbonyl (C=O) groups excluding carboxylic acids is 3. The molecule has 0 unspecified atom stereocenters. The second-order valence-electron chi connectivity index (χ2n) is 9.06. The normalized spacial score (nSPS) is 26.3. The highest BCUT2D eigenvalue weighted by atomic mass is 16.2. The number of anilines is 1. The van der Waals surface area contributed by atoms with Gasteiger partial charge in [-0.3, -0.25) is 19.9 Å². The molecule has 1 aliphatic carbocycles. The van der Waals surface area contributed by atoms with Crippen molar-refractivity contribution in [1.29, 1.82) is 0 Å². The Labute approximate surface area is 180 Å². The lowest BCUT2D eigenvalue weighted by molar-refractivity contribution is -0.133. The Hall–Kier alpha value is -3.10. The molecule has 2 aromatic rings. The van der Waals surface area contributed by atoms with Crippen LogP contribution >= 0.6 is 0 Å². The molecule has 3 aliphatic rings. The Kier molecular flexibility index (Phi) is 4.64. The van der Waals surface area contributed by atoms with Crippen LogP contribution in [-0.4, -0.2) is 63.5 Å². The van der Waals surface area contributed by atoms with Gasteiger partial charge in [-0.1, -0.05) is 0 Å². The molecule has 31 heavy (non-hydrogen) atoms. The number of nitrogens with zero attached hydrogens (tertiary/aromatic N) is 4. The van der Waals surface area contributed by atoms with Crippen molar-refractivity contribution in [3.05, 3.63) is 24.5 Å². The molecule has 2 N–H and O–H groups in total. The standard InChI is InChI=1S/C22H28N6O3/c1-14-13-27(9-10-28(14)16-11-18-17(23-12-16)6-8-26(18)2)19(29)5-7-22(15-3-4-15)20(30)24-21(31)25-22/h6,8,11-12,14-15H,3-5,7,9-10,13H2,1-2H3,(H2,24,25,30,31)/t14-,22+/m0/s1. The summed E-state index contributed by atoms with van der Waals surface area (Å²) in [5, 5.41) is 5.15. The van der Waals surface area contributed by atoms with E-state index in [0.29, 0.717) is 19.5 Å². The number of amides is 4. The van der Waals surface area contributed by atoms with E-state index >= 15 is 0 Å². The van der Waals surface area contributed by atoms with Gasteiger partial charge in [0.2, 0.25) is 5.91 Å². The van der Waals surface area contributed by atoms with Gasteiger partial charge in [0.1, 0.15) is 5.54 Å². The number of hydrogen-bond donors (Lipinski definition) is 2. The molecule has 2 saturated heterocycles. The zero-order chi connectivity index (χ0) is 21.8. The average Bonchev–Trinajstić information content (AvgIpc) is 3.48.